The number of hydrogen-bond acceptors (Lipinski definition) is 4. The molecule has 0 saturated heterocycles. The lowest BCUT2D eigenvalue weighted by Crippen LogP contribution is -2.51. The Kier molecular flexibility index (Phi) is 2.32. The van der Waals surface area contributed by atoms with Gasteiger partial charge in [-0.05, 0) is 6.07 Å². The van der Waals surface area contributed by atoms with Gasteiger partial charge in [0.1, 0.15) is 0 Å². The van der Waals surface area contributed by atoms with E-state index in [9.17, 15) is 23.7 Å². The summed E-state index contributed by atoms with van der Waals surface area (Å²) in [5.74, 6) is -4.65. The zero-order chi connectivity index (χ0) is 12.8. The number of benzene rings is 1. The average Bonchev–Trinajstić information content (AvgIpc) is 2.26. The fourth-order valence-electron chi connectivity index (χ4n) is 1.56. The van der Waals surface area contributed by atoms with E-state index >= 15 is 0 Å². The summed E-state index contributed by atoms with van der Waals surface area (Å²) < 4.78 is 27.0. The Labute approximate surface area is 93.0 Å². The van der Waals surface area contributed by atoms with Gasteiger partial charge in [0.05, 0.1) is 4.92 Å². The maximum Gasteiger partial charge on any atom is 0.317 e. The first-order valence-electron chi connectivity index (χ1n) is 4.49. The zero-order valence-corrected chi connectivity index (χ0v) is 8.18. The molecule has 1 heterocycles. The lowest BCUT2D eigenvalue weighted by Gasteiger charge is -2.29. The summed E-state index contributed by atoms with van der Waals surface area (Å²) in [6.07, 6.45) is -2.38. The van der Waals surface area contributed by atoms with Gasteiger partial charge in [-0.2, -0.15) is 8.78 Å². The summed E-state index contributed by atoms with van der Waals surface area (Å²) in [5, 5.41) is 21.2. The Morgan fingerprint density at radius 3 is 2.71 bits per heavy atom. The summed E-state index contributed by atoms with van der Waals surface area (Å²) in [7, 11) is 0. The van der Waals surface area contributed by atoms with E-state index in [1.54, 1.807) is 5.32 Å². The van der Waals surface area contributed by atoms with E-state index < -0.39 is 34.2 Å². The number of aliphatic hydroxyl groups excluding tert-OH is 1. The van der Waals surface area contributed by atoms with Crippen molar-refractivity contribution < 1.29 is 23.6 Å². The zero-order valence-electron chi connectivity index (χ0n) is 8.18. The minimum atomic E-state index is -3.75. The molecule has 1 aromatic carbocycles. The number of nitrogens with one attached hydrogen (secondary N) is 1. The Morgan fingerprint density at radius 1 is 1.47 bits per heavy atom. The van der Waals surface area contributed by atoms with Gasteiger partial charge in [0.15, 0.2) is 6.23 Å². The number of rotatable bonds is 1. The van der Waals surface area contributed by atoms with Gasteiger partial charge in [0.2, 0.25) is 0 Å². The second-order valence-corrected chi connectivity index (χ2v) is 3.49. The summed E-state index contributed by atoms with van der Waals surface area (Å²) in [4.78, 5) is 20.9. The molecule has 1 atom stereocenters. The first-order chi connectivity index (χ1) is 7.84. The summed E-state index contributed by atoms with van der Waals surface area (Å²) in [6.45, 7) is 0. The lowest BCUT2D eigenvalue weighted by molar-refractivity contribution is -0.385. The molecular weight excluding hydrogens is 238 g/mol. The number of fused-ring (bicyclic) bond motifs is 1. The maximum atomic E-state index is 13.5. The molecule has 1 amide bonds. The van der Waals surface area contributed by atoms with E-state index in [1.807, 2.05) is 0 Å². The maximum absolute atomic E-state index is 13.5. The highest BCUT2D eigenvalue weighted by atomic mass is 19.3. The number of aliphatic hydroxyl groups is 1. The monoisotopic (exact) mass is 244 g/mol. The van der Waals surface area contributed by atoms with E-state index in [1.165, 1.54) is 0 Å². The van der Waals surface area contributed by atoms with Crippen molar-refractivity contribution in [2.45, 2.75) is 12.2 Å². The highest BCUT2D eigenvalue weighted by Gasteiger charge is 2.48. The first-order valence-corrected chi connectivity index (χ1v) is 4.49. The van der Waals surface area contributed by atoms with Crippen LogP contribution in [0.4, 0.5) is 14.5 Å². The van der Waals surface area contributed by atoms with Gasteiger partial charge >= 0.3 is 5.92 Å². The molecule has 0 fully saturated rings. The number of halogens is 2. The third-order valence-electron chi connectivity index (χ3n) is 2.43. The molecule has 90 valence electrons. The molecule has 17 heavy (non-hydrogen) atoms. The van der Waals surface area contributed by atoms with Crippen molar-refractivity contribution in [3.05, 3.63) is 39.4 Å². The predicted octanol–water partition coefficient (Wildman–Crippen LogP) is 0.748. The molecule has 0 aliphatic carbocycles. The second kappa shape index (κ2) is 3.45. The molecule has 2 N–H and O–H groups in total. The van der Waals surface area contributed by atoms with Crippen LogP contribution in [0.2, 0.25) is 0 Å². The van der Waals surface area contributed by atoms with E-state index in [0.29, 0.717) is 6.07 Å². The Balaban J connectivity index is 2.65. The normalized spacial score (nSPS) is 21.6. The van der Waals surface area contributed by atoms with Crippen LogP contribution in [0.15, 0.2) is 18.2 Å². The SMILES string of the molecule is O=C1NC(O)C(F)(F)c2cc([N+](=O)[O-])ccc21. The Bertz CT molecular complexity index is 518. The molecule has 1 unspecified atom stereocenters. The van der Waals surface area contributed by atoms with Crippen molar-refractivity contribution in [2.24, 2.45) is 0 Å². The van der Waals surface area contributed by atoms with Crippen molar-refractivity contribution in [2.75, 3.05) is 0 Å². The summed E-state index contributed by atoms with van der Waals surface area (Å²) >= 11 is 0. The molecule has 0 aromatic heterocycles. The standard InChI is InChI=1S/C9H6F2N2O4/c10-9(11)6-3-4(13(16)17)1-2-5(6)7(14)12-8(9)15/h1-3,8,15H,(H,12,14). The Morgan fingerprint density at radius 2 is 2.12 bits per heavy atom. The van der Waals surface area contributed by atoms with Crippen molar-refractivity contribution in [3.8, 4) is 0 Å². The number of carbonyl (C=O) groups excluding carboxylic acids is 1. The number of non-ortho nitro benzene ring substituents is 1. The average molecular weight is 244 g/mol. The molecule has 2 rings (SSSR count). The Hall–Kier alpha value is -2.09. The topological polar surface area (TPSA) is 92.5 Å². The van der Waals surface area contributed by atoms with Gasteiger partial charge in [-0.15, -0.1) is 0 Å². The highest BCUT2D eigenvalue weighted by Crippen LogP contribution is 2.38. The fourth-order valence-corrected chi connectivity index (χ4v) is 1.56. The van der Waals surface area contributed by atoms with E-state index in [2.05, 4.69) is 0 Å². The predicted molar refractivity (Wildman–Crippen MR) is 50.5 cm³/mol. The number of alkyl halides is 2. The fraction of sp³-hybridized carbons (Fsp3) is 0.222. The summed E-state index contributed by atoms with van der Waals surface area (Å²) in [6, 6.07) is 2.48. The van der Waals surface area contributed by atoms with Crippen molar-refractivity contribution in [3.63, 3.8) is 0 Å². The summed E-state index contributed by atoms with van der Waals surface area (Å²) in [5.41, 5.74) is -1.79. The number of nitro groups is 1. The quantitative estimate of drug-likeness (QED) is 0.563. The van der Waals surface area contributed by atoms with Gasteiger partial charge in [0, 0.05) is 23.3 Å². The largest absolute Gasteiger partial charge is 0.368 e. The van der Waals surface area contributed by atoms with Gasteiger partial charge < -0.3 is 10.4 Å². The van der Waals surface area contributed by atoms with Crippen molar-refractivity contribution in [1.82, 2.24) is 5.32 Å². The minimum absolute atomic E-state index is 0.383. The number of hydrogen-bond donors (Lipinski definition) is 2. The van der Waals surface area contributed by atoms with Crippen LogP contribution in [0.5, 0.6) is 0 Å². The van der Waals surface area contributed by atoms with Crippen LogP contribution in [0.25, 0.3) is 0 Å². The molecule has 8 heteroatoms. The van der Waals surface area contributed by atoms with Crippen LogP contribution in [0.3, 0.4) is 0 Å². The third kappa shape index (κ3) is 1.62. The molecule has 0 bridgehead atoms. The van der Waals surface area contributed by atoms with Gasteiger partial charge in [0.25, 0.3) is 11.6 Å². The first kappa shape index (κ1) is 11.4. The number of nitrogens with zero attached hydrogens (tertiary/aromatic N) is 1. The van der Waals surface area contributed by atoms with Crippen LogP contribution in [-0.2, 0) is 5.92 Å². The van der Waals surface area contributed by atoms with E-state index in [-0.39, 0.29) is 5.56 Å². The van der Waals surface area contributed by atoms with Crippen LogP contribution in [0, 0.1) is 10.1 Å². The molecule has 1 aliphatic rings. The molecular formula is C9H6F2N2O4. The van der Waals surface area contributed by atoms with Crippen LogP contribution in [-0.4, -0.2) is 22.2 Å². The molecule has 0 saturated carbocycles. The van der Waals surface area contributed by atoms with Gasteiger partial charge in [-0.1, -0.05) is 0 Å². The molecule has 1 aliphatic heterocycles. The van der Waals surface area contributed by atoms with Gasteiger partial charge in [-0.25, -0.2) is 0 Å². The van der Waals surface area contributed by atoms with Crippen LogP contribution < -0.4 is 5.32 Å². The highest BCUT2D eigenvalue weighted by molar-refractivity contribution is 5.97. The number of carbonyl (C=O) groups is 1. The molecule has 0 spiro atoms. The number of amides is 1. The number of nitro benzene ring substituents is 1. The third-order valence-corrected chi connectivity index (χ3v) is 2.43. The van der Waals surface area contributed by atoms with Crippen molar-refractivity contribution >= 4 is 11.6 Å². The van der Waals surface area contributed by atoms with Gasteiger partial charge in [-0.3, -0.25) is 14.9 Å². The minimum Gasteiger partial charge on any atom is -0.368 e. The lowest BCUT2D eigenvalue weighted by atomic mass is 9.95. The molecule has 1 aromatic rings. The van der Waals surface area contributed by atoms with E-state index in [0.717, 1.165) is 12.1 Å². The second-order valence-electron chi connectivity index (χ2n) is 3.49. The molecule has 6 nitrogen and oxygen atoms in total. The molecule has 0 radical (unpaired) electrons. The van der Waals surface area contributed by atoms with Crippen molar-refractivity contribution in [1.29, 1.82) is 0 Å². The van der Waals surface area contributed by atoms with E-state index in [4.69, 9.17) is 5.11 Å². The van der Waals surface area contributed by atoms with Crippen LogP contribution >= 0.6 is 0 Å². The smallest absolute Gasteiger partial charge is 0.317 e. The van der Waals surface area contributed by atoms with Crippen LogP contribution in [0.1, 0.15) is 15.9 Å².